The predicted octanol–water partition coefficient (Wildman–Crippen LogP) is 3.17. The van der Waals surface area contributed by atoms with E-state index in [1.165, 1.54) is 12.1 Å². The van der Waals surface area contributed by atoms with E-state index in [-0.39, 0.29) is 48.1 Å². The van der Waals surface area contributed by atoms with Crippen LogP contribution in [-0.2, 0) is 0 Å². The van der Waals surface area contributed by atoms with Gasteiger partial charge >= 0.3 is 0 Å². The number of rotatable bonds is 6. The predicted molar refractivity (Wildman–Crippen MR) is 97.3 cm³/mol. The Bertz CT molecular complexity index is 446. The summed E-state index contributed by atoms with van der Waals surface area (Å²) < 4.78 is 0. The lowest BCUT2D eigenvalue weighted by atomic mass is 9.96. The van der Waals surface area contributed by atoms with Gasteiger partial charge in [-0.25, -0.2) is 0 Å². The fraction of sp³-hybridized carbons (Fsp3) is 0.625. The molecule has 0 radical (unpaired) electrons. The standard InChI is InChI=1S/C16H26N2O3.2ClH/c1-2-3-4-5-13(18-8-6-17-7-9-18)16-14(20)10-12(19)11-15(16)21;;/h10-11,13,17,19-21H,2-9H2,1H3;2*1H/t13-;;/m1../s1. The van der Waals surface area contributed by atoms with Crippen molar-refractivity contribution in [2.75, 3.05) is 26.2 Å². The molecule has 1 heterocycles. The molecule has 0 aromatic heterocycles. The lowest BCUT2D eigenvalue weighted by Gasteiger charge is -2.35. The van der Waals surface area contributed by atoms with Crippen molar-refractivity contribution in [1.82, 2.24) is 10.2 Å². The highest BCUT2D eigenvalue weighted by Crippen LogP contribution is 2.41. The molecular formula is C16H28Cl2N2O3. The van der Waals surface area contributed by atoms with Crippen LogP contribution in [0.2, 0.25) is 0 Å². The number of halogens is 2. The number of phenolic OH excluding ortho intramolecular Hbond substituents is 3. The lowest BCUT2D eigenvalue weighted by Crippen LogP contribution is -2.45. The van der Waals surface area contributed by atoms with Gasteiger partial charge in [0.2, 0.25) is 0 Å². The Hall–Kier alpha value is -0.880. The zero-order chi connectivity index (χ0) is 15.2. The van der Waals surface area contributed by atoms with Crippen LogP contribution in [0, 0.1) is 0 Å². The average Bonchev–Trinajstić information content (AvgIpc) is 2.45. The highest BCUT2D eigenvalue weighted by molar-refractivity contribution is 5.85. The second-order valence-electron chi connectivity index (χ2n) is 5.70. The first-order chi connectivity index (χ1) is 10.1. The van der Waals surface area contributed by atoms with Crippen molar-refractivity contribution < 1.29 is 15.3 Å². The number of nitrogens with one attached hydrogen (secondary N) is 1. The summed E-state index contributed by atoms with van der Waals surface area (Å²) in [5.41, 5.74) is 0.547. The molecule has 1 aliphatic rings. The van der Waals surface area contributed by atoms with Gasteiger partial charge in [0.05, 0.1) is 5.56 Å². The molecule has 5 nitrogen and oxygen atoms in total. The Balaban J connectivity index is 0.00000242. The molecular weight excluding hydrogens is 339 g/mol. The van der Waals surface area contributed by atoms with Gasteiger partial charge in [-0.05, 0) is 6.42 Å². The highest BCUT2D eigenvalue weighted by Gasteiger charge is 2.27. The van der Waals surface area contributed by atoms with E-state index in [1.54, 1.807) is 0 Å². The van der Waals surface area contributed by atoms with Gasteiger partial charge in [0.15, 0.2) is 0 Å². The van der Waals surface area contributed by atoms with Crippen LogP contribution in [0.1, 0.15) is 44.2 Å². The molecule has 1 aromatic rings. The van der Waals surface area contributed by atoms with Gasteiger partial charge in [0.25, 0.3) is 0 Å². The van der Waals surface area contributed by atoms with E-state index in [9.17, 15) is 15.3 Å². The fourth-order valence-corrected chi connectivity index (χ4v) is 3.04. The summed E-state index contributed by atoms with van der Waals surface area (Å²) in [6.45, 7) is 5.80. The molecule has 1 fully saturated rings. The van der Waals surface area contributed by atoms with Crippen molar-refractivity contribution in [2.24, 2.45) is 0 Å². The van der Waals surface area contributed by atoms with Crippen molar-refractivity contribution >= 4 is 24.8 Å². The molecule has 1 aliphatic heterocycles. The Morgan fingerprint density at radius 3 is 2.13 bits per heavy atom. The molecule has 0 bridgehead atoms. The molecule has 1 aromatic carbocycles. The van der Waals surface area contributed by atoms with E-state index < -0.39 is 0 Å². The molecule has 23 heavy (non-hydrogen) atoms. The zero-order valence-electron chi connectivity index (χ0n) is 13.5. The van der Waals surface area contributed by atoms with Crippen LogP contribution in [-0.4, -0.2) is 46.4 Å². The SMILES string of the molecule is CCCCC[C@H](c1c(O)cc(O)cc1O)N1CCNCC1.Cl.Cl. The van der Waals surface area contributed by atoms with E-state index in [4.69, 9.17) is 0 Å². The van der Waals surface area contributed by atoms with Crippen molar-refractivity contribution in [1.29, 1.82) is 0 Å². The number of unbranched alkanes of at least 4 members (excludes halogenated alkanes) is 2. The first-order valence-corrected chi connectivity index (χ1v) is 7.83. The summed E-state index contributed by atoms with van der Waals surface area (Å²) in [6.07, 6.45) is 4.24. The number of nitrogens with zero attached hydrogens (tertiary/aromatic N) is 1. The summed E-state index contributed by atoms with van der Waals surface area (Å²) in [5, 5.41) is 33.1. The van der Waals surface area contributed by atoms with Crippen LogP contribution < -0.4 is 5.32 Å². The first-order valence-electron chi connectivity index (χ1n) is 7.83. The van der Waals surface area contributed by atoms with E-state index in [1.807, 2.05) is 0 Å². The molecule has 1 atom stereocenters. The smallest absolute Gasteiger partial charge is 0.127 e. The molecule has 2 rings (SSSR count). The average molecular weight is 367 g/mol. The normalized spacial score (nSPS) is 16.2. The van der Waals surface area contributed by atoms with Crippen LogP contribution >= 0.6 is 24.8 Å². The number of phenols is 3. The minimum atomic E-state index is -0.110. The van der Waals surface area contributed by atoms with Crippen LogP contribution in [0.15, 0.2) is 12.1 Å². The van der Waals surface area contributed by atoms with Gasteiger partial charge < -0.3 is 20.6 Å². The molecule has 0 spiro atoms. The number of hydrogen-bond donors (Lipinski definition) is 4. The van der Waals surface area contributed by atoms with E-state index >= 15 is 0 Å². The third kappa shape index (κ3) is 5.92. The van der Waals surface area contributed by atoms with Crippen molar-refractivity contribution in [3.05, 3.63) is 17.7 Å². The molecule has 134 valence electrons. The topological polar surface area (TPSA) is 76.0 Å². The monoisotopic (exact) mass is 366 g/mol. The van der Waals surface area contributed by atoms with Gasteiger partial charge in [0, 0.05) is 44.4 Å². The largest absolute Gasteiger partial charge is 0.508 e. The van der Waals surface area contributed by atoms with Crippen LogP contribution in [0.25, 0.3) is 0 Å². The van der Waals surface area contributed by atoms with Crippen molar-refractivity contribution in [2.45, 2.75) is 38.6 Å². The Labute approximate surface area is 150 Å². The van der Waals surface area contributed by atoms with Gasteiger partial charge in [0.1, 0.15) is 17.2 Å². The van der Waals surface area contributed by atoms with Crippen molar-refractivity contribution in [3.63, 3.8) is 0 Å². The van der Waals surface area contributed by atoms with Gasteiger partial charge in [-0.15, -0.1) is 24.8 Å². The minimum Gasteiger partial charge on any atom is -0.508 e. The zero-order valence-corrected chi connectivity index (χ0v) is 15.1. The van der Waals surface area contributed by atoms with Gasteiger partial charge in [-0.3, -0.25) is 4.90 Å². The number of aromatic hydroxyl groups is 3. The molecule has 0 aliphatic carbocycles. The van der Waals surface area contributed by atoms with Gasteiger partial charge in [-0.2, -0.15) is 0 Å². The molecule has 0 saturated carbocycles. The third-order valence-electron chi connectivity index (χ3n) is 4.13. The highest BCUT2D eigenvalue weighted by atomic mass is 35.5. The summed E-state index contributed by atoms with van der Waals surface area (Å²) >= 11 is 0. The van der Waals surface area contributed by atoms with E-state index in [0.29, 0.717) is 5.56 Å². The lowest BCUT2D eigenvalue weighted by molar-refractivity contribution is 0.157. The summed E-state index contributed by atoms with van der Waals surface area (Å²) in [7, 11) is 0. The number of piperazine rings is 1. The quantitative estimate of drug-likeness (QED) is 0.581. The van der Waals surface area contributed by atoms with E-state index in [0.717, 1.165) is 51.9 Å². The maximum atomic E-state index is 10.2. The number of hydrogen-bond acceptors (Lipinski definition) is 5. The summed E-state index contributed by atoms with van der Waals surface area (Å²) in [6, 6.07) is 2.62. The Morgan fingerprint density at radius 1 is 1.04 bits per heavy atom. The van der Waals surface area contributed by atoms with E-state index in [2.05, 4.69) is 17.1 Å². The summed E-state index contributed by atoms with van der Waals surface area (Å²) in [4.78, 5) is 2.30. The maximum absolute atomic E-state index is 10.2. The fourth-order valence-electron chi connectivity index (χ4n) is 3.04. The second kappa shape index (κ2) is 10.8. The van der Waals surface area contributed by atoms with Crippen molar-refractivity contribution in [3.8, 4) is 17.2 Å². The molecule has 7 heteroatoms. The van der Waals surface area contributed by atoms with Crippen LogP contribution in [0.4, 0.5) is 0 Å². The third-order valence-corrected chi connectivity index (χ3v) is 4.13. The minimum absolute atomic E-state index is 0. The number of benzene rings is 1. The van der Waals surface area contributed by atoms with Gasteiger partial charge in [-0.1, -0.05) is 26.2 Å². The molecule has 4 N–H and O–H groups in total. The van der Waals surface area contributed by atoms with Crippen LogP contribution in [0.3, 0.4) is 0 Å². The van der Waals surface area contributed by atoms with Crippen LogP contribution in [0.5, 0.6) is 17.2 Å². The molecule has 1 saturated heterocycles. The molecule has 0 unspecified atom stereocenters. The maximum Gasteiger partial charge on any atom is 0.127 e. The Kier molecular flexibility index (Phi) is 10.4. The second-order valence-corrected chi connectivity index (χ2v) is 5.70. The Morgan fingerprint density at radius 2 is 1.61 bits per heavy atom. The summed E-state index contributed by atoms with van der Waals surface area (Å²) in [5.74, 6) is -0.151. The molecule has 0 amide bonds. The first kappa shape index (κ1) is 22.1.